The predicted molar refractivity (Wildman–Crippen MR) is 57.4 cm³/mol. The first-order valence-electron chi connectivity index (χ1n) is 5.59. The van der Waals surface area contributed by atoms with E-state index in [-0.39, 0.29) is 5.91 Å². The van der Waals surface area contributed by atoms with Crippen molar-refractivity contribution in [1.82, 2.24) is 15.1 Å². The van der Waals surface area contributed by atoms with Gasteiger partial charge >= 0.3 is 0 Å². The van der Waals surface area contributed by atoms with Crippen molar-refractivity contribution in [1.29, 1.82) is 0 Å². The molecule has 0 aromatic carbocycles. The van der Waals surface area contributed by atoms with Crippen LogP contribution in [0.2, 0.25) is 0 Å². The lowest BCUT2D eigenvalue weighted by Crippen LogP contribution is -2.28. The molecule has 82 valence electrons. The molecule has 0 spiro atoms. The van der Waals surface area contributed by atoms with Crippen molar-refractivity contribution in [2.75, 3.05) is 0 Å². The lowest BCUT2D eigenvalue weighted by Gasteiger charge is -2.11. The molecule has 0 saturated carbocycles. The van der Waals surface area contributed by atoms with Crippen molar-refractivity contribution in [3.05, 3.63) is 18.0 Å². The predicted octanol–water partition coefficient (Wildman–Crippen LogP) is 1.11. The molecule has 1 aliphatic rings. The van der Waals surface area contributed by atoms with Crippen molar-refractivity contribution in [2.24, 2.45) is 0 Å². The number of nitrogens with one attached hydrogen (secondary N) is 1. The summed E-state index contributed by atoms with van der Waals surface area (Å²) in [6.07, 6.45) is 5.46. The second-order valence-electron chi connectivity index (χ2n) is 4.05. The molecule has 4 heteroatoms. The number of carbonyl (C=O) groups is 1. The van der Waals surface area contributed by atoms with Gasteiger partial charge in [0.2, 0.25) is 5.91 Å². The summed E-state index contributed by atoms with van der Waals surface area (Å²) in [5.74, 6) is 0.182. The van der Waals surface area contributed by atoms with E-state index in [9.17, 15) is 4.79 Å². The topological polar surface area (TPSA) is 46.9 Å². The molecular formula is C11H17N3O. The van der Waals surface area contributed by atoms with Gasteiger partial charge < -0.3 is 5.32 Å². The number of nitrogens with zero attached hydrogens (tertiary/aromatic N) is 2. The number of rotatable bonds is 4. The summed E-state index contributed by atoms with van der Waals surface area (Å²) in [5, 5.41) is 7.25. The highest BCUT2D eigenvalue weighted by atomic mass is 16.1. The molecule has 1 aromatic heterocycles. The Balaban J connectivity index is 1.97. The van der Waals surface area contributed by atoms with Gasteiger partial charge in [-0.1, -0.05) is 6.92 Å². The summed E-state index contributed by atoms with van der Waals surface area (Å²) in [5.41, 5.74) is 1.23. The van der Waals surface area contributed by atoms with Gasteiger partial charge in [-0.15, -0.1) is 0 Å². The lowest BCUT2D eigenvalue weighted by atomic mass is 10.1. The van der Waals surface area contributed by atoms with Gasteiger partial charge in [0.05, 0.1) is 0 Å². The Morgan fingerprint density at radius 3 is 3.20 bits per heavy atom. The van der Waals surface area contributed by atoms with E-state index in [0.717, 1.165) is 25.8 Å². The van der Waals surface area contributed by atoms with E-state index in [4.69, 9.17) is 0 Å². The third-order valence-corrected chi connectivity index (χ3v) is 2.78. The molecule has 1 unspecified atom stereocenters. The third-order valence-electron chi connectivity index (χ3n) is 2.78. The van der Waals surface area contributed by atoms with Crippen LogP contribution in [0.15, 0.2) is 12.3 Å². The normalized spacial score (nSPS) is 20.6. The van der Waals surface area contributed by atoms with Crippen LogP contribution in [0.1, 0.15) is 31.9 Å². The summed E-state index contributed by atoms with van der Waals surface area (Å²) in [6, 6.07) is 2.35. The molecule has 1 saturated heterocycles. The monoisotopic (exact) mass is 207 g/mol. The highest BCUT2D eigenvalue weighted by Crippen LogP contribution is 2.12. The van der Waals surface area contributed by atoms with E-state index in [0.29, 0.717) is 12.5 Å². The summed E-state index contributed by atoms with van der Waals surface area (Å²) < 4.78 is 2.03. The number of aryl methyl sites for hydroxylation is 1. The van der Waals surface area contributed by atoms with Crippen LogP contribution >= 0.6 is 0 Å². The van der Waals surface area contributed by atoms with Gasteiger partial charge in [0.1, 0.15) is 0 Å². The SMILES string of the molecule is CCCn1nccc1CC1CCC(=O)N1. The van der Waals surface area contributed by atoms with E-state index in [1.54, 1.807) is 0 Å². The number of aromatic nitrogens is 2. The van der Waals surface area contributed by atoms with Crippen LogP contribution in [0.5, 0.6) is 0 Å². The minimum absolute atomic E-state index is 0.182. The maximum absolute atomic E-state index is 11.1. The molecular weight excluding hydrogens is 190 g/mol. The van der Waals surface area contributed by atoms with Crippen molar-refractivity contribution < 1.29 is 4.79 Å². The van der Waals surface area contributed by atoms with Crippen LogP contribution < -0.4 is 5.32 Å². The van der Waals surface area contributed by atoms with Gasteiger partial charge in [-0.3, -0.25) is 9.48 Å². The zero-order valence-electron chi connectivity index (χ0n) is 9.07. The van der Waals surface area contributed by atoms with Crippen LogP contribution in [0.25, 0.3) is 0 Å². The fourth-order valence-corrected chi connectivity index (χ4v) is 2.03. The van der Waals surface area contributed by atoms with E-state index in [2.05, 4.69) is 17.3 Å². The van der Waals surface area contributed by atoms with E-state index in [1.807, 2.05) is 16.9 Å². The number of carbonyl (C=O) groups excluding carboxylic acids is 1. The highest BCUT2D eigenvalue weighted by Gasteiger charge is 2.21. The van der Waals surface area contributed by atoms with Gasteiger partial charge in [0, 0.05) is 37.3 Å². The van der Waals surface area contributed by atoms with Crippen LogP contribution in [0, 0.1) is 0 Å². The molecule has 1 amide bonds. The second-order valence-corrected chi connectivity index (χ2v) is 4.05. The summed E-state index contributed by atoms with van der Waals surface area (Å²) in [7, 11) is 0. The Kier molecular flexibility index (Phi) is 3.04. The van der Waals surface area contributed by atoms with Crippen molar-refractivity contribution in [2.45, 2.75) is 45.2 Å². The molecule has 1 atom stereocenters. The van der Waals surface area contributed by atoms with Gasteiger partial charge in [0.15, 0.2) is 0 Å². The lowest BCUT2D eigenvalue weighted by molar-refractivity contribution is -0.119. The Bertz CT molecular complexity index is 345. The number of hydrogen-bond donors (Lipinski definition) is 1. The molecule has 1 N–H and O–H groups in total. The van der Waals surface area contributed by atoms with Gasteiger partial charge in [-0.2, -0.15) is 5.10 Å². The van der Waals surface area contributed by atoms with Gasteiger partial charge in [-0.05, 0) is 18.9 Å². The first-order valence-corrected chi connectivity index (χ1v) is 5.59. The Labute approximate surface area is 89.7 Å². The van der Waals surface area contributed by atoms with Gasteiger partial charge in [-0.25, -0.2) is 0 Å². The molecule has 0 radical (unpaired) electrons. The van der Waals surface area contributed by atoms with Crippen molar-refractivity contribution in [3.8, 4) is 0 Å². The molecule has 2 heterocycles. The summed E-state index contributed by atoms with van der Waals surface area (Å²) in [4.78, 5) is 11.1. The smallest absolute Gasteiger partial charge is 0.220 e. The Morgan fingerprint density at radius 1 is 1.67 bits per heavy atom. The Hall–Kier alpha value is -1.32. The zero-order valence-corrected chi connectivity index (χ0v) is 9.07. The third kappa shape index (κ3) is 2.37. The van der Waals surface area contributed by atoms with Gasteiger partial charge in [0.25, 0.3) is 0 Å². The highest BCUT2D eigenvalue weighted by molar-refractivity contribution is 5.78. The number of hydrogen-bond acceptors (Lipinski definition) is 2. The first kappa shape index (κ1) is 10.2. The van der Waals surface area contributed by atoms with Crippen LogP contribution in [0.3, 0.4) is 0 Å². The molecule has 1 aliphatic heterocycles. The van der Waals surface area contributed by atoms with Crippen molar-refractivity contribution >= 4 is 5.91 Å². The maximum atomic E-state index is 11.1. The fraction of sp³-hybridized carbons (Fsp3) is 0.636. The fourth-order valence-electron chi connectivity index (χ4n) is 2.03. The van der Waals surface area contributed by atoms with Crippen LogP contribution in [-0.2, 0) is 17.8 Å². The molecule has 1 fully saturated rings. The minimum atomic E-state index is 0.182. The summed E-state index contributed by atoms with van der Waals surface area (Å²) >= 11 is 0. The quantitative estimate of drug-likeness (QED) is 0.804. The molecule has 2 rings (SSSR count). The molecule has 15 heavy (non-hydrogen) atoms. The molecule has 0 aliphatic carbocycles. The van der Waals surface area contributed by atoms with E-state index >= 15 is 0 Å². The van der Waals surface area contributed by atoms with Crippen LogP contribution in [-0.4, -0.2) is 21.7 Å². The second kappa shape index (κ2) is 4.47. The van der Waals surface area contributed by atoms with Crippen molar-refractivity contribution in [3.63, 3.8) is 0 Å². The zero-order chi connectivity index (χ0) is 10.7. The van der Waals surface area contributed by atoms with Crippen LogP contribution in [0.4, 0.5) is 0 Å². The molecule has 0 bridgehead atoms. The molecule has 4 nitrogen and oxygen atoms in total. The molecule has 1 aromatic rings. The average molecular weight is 207 g/mol. The standard InChI is InChI=1S/C11H17N3O/c1-2-7-14-10(5-6-12-14)8-9-3-4-11(15)13-9/h5-6,9H,2-4,7-8H2,1H3,(H,13,15). The van der Waals surface area contributed by atoms with E-state index in [1.165, 1.54) is 5.69 Å². The minimum Gasteiger partial charge on any atom is -0.353 e. The van der Waals surface area contributed by atoms with E-state index < -0.39 is 0 Å². The first-order chi connectivity index (χ1) is 7.29. The average Bonchev–Trinajstić information content (AvgIpc) is 2.78. The summed E-state index contributed by atoms with van der Waals surface area (Å²) in [6.45, 7) is 3.10. The Morgan fingerprint density at radius 2 is 2.53 bits per heavy atom. The largest absolute Gasteiger partial charge is 0.353 e. The maximum Gasteiger partial charge on any atom is 0.220 e. The number of amides is 1.